The molecular formula is C12H8F2N2O. The van der Waals surface area contributed by atoms with E-state index in [1.165, 1.54) is 18.2 Å². The zero-order valence-electron chi connectivity index (χ0n) is 8.65. The molecule has 2 N–H and O–H groups in total. The van der Waals surface area contributed by atoms with Crippen LogP contribution in [0, 0.1) is 11.6 Å². The fraction of sp³-hybridized carbons (Fsp3) is 0. The molecule has 0 aliphatic carbocycles. The Bertz CT molecular complexity index is 585. The van der Waals surface area contributed by atoms with Gasteiger partial charge in [-0.1, -0.05) is 12.1 Å². The van der Waals surface area contributed by atoms with E-state index in [-0.39, 0.29) is 22.6 Å². The fourth-order valence-corrected chi connectivity index (χ4v) is 1.45. The average Bonchev–Trinajstić information content (AvgIpc) is 2.31. The molecule has 3 nitrogen and oxygen atoms in total. The van der Waals surface area contributed by atoms with Crippen LogP contribution in [-0.4, -0.2) is 11.3 Å². The van der Waals surface area contributed by atoms with Crippen molar-refractivity contribution in [3.05, 3.63) is 47.7 Å². The molecule has 2 aromatic rings. The van der Waals surface area contributed by atoms with Crippen LogP contribution in [0.4, 0.5) is 14.5 Å². The molecule has 0 saturated carbocycles. The number of nitrogen functional groups attached to an aromatic ring is 1. The quantitative estimate of drug-likeness (QED) is 0.812. The zero-order valence-corrected chi connectivity index (χ0v) is 8.65. The van der Waals surface area contributed by atoms with Crippen molar-refractivity contribution in [3.8, 4) is 11.3 Å². The molecular weight excluding hydrogens is 226 g/mol. The minimum absolute atomic E-state index is 0.00639. The third-order valence-corrected chi connectivity index (χ3v) is 2.28. The van der Waals surface area contributed by atoms with Gasteiger partial charge >= 0.3 is 0 Å². The van der Waals surface area contributed by atoms with Gasteiger partial charge in [0.1, 0.15) is 17.2 Å². The SMILES string of the molecule is Nc1cc(F)c(-c2ccccc2F)nc1C=O. The summed E-state index contributed by atoms with van der Waals surface area (Å²) < 4.78 is 27.1. The van der Waals surface area contributed by atoms with Gasteiger partial charge in [-0.25, -0.2) is 13.8 Å². The monoisotopic (exact) mass is 234 g/mol. The molecule has 2 rings (SSSR count). The second-order valence-corrected chi connectivity index (χ2v) is 3.39. The van der Waals surface area contributed by atoms with Gasteiger partial charge in [0.15, 0.2) is 12.1 Å². The maximum atomic E-state index is 13.6. The Labute approximate surface area is 95.9 Å². The summed E-state index contributed by atoms with van der Waals surface area (Å²) in [6.45, 7) is 0. The van der Waals surface area contributed by atoms with Crippen molar-refractivity contribution >= 4 is 12.0 Å². The fourth-order valence-electron chi connectivity index (χ4n) is 1.45. The molecule has 1 aromatic carbocycles. The maximum absolute atomic E-state index is 13.6. The molecule has 17 heavy (non-hydrogen) atoms. The number of hydrogen-bond donors (Lipinski definition) is 1. The van der Waals surface area contributed by atoms with Crippen LogP contribution in [0.2, 0.25) is 0 Å². The molecule has 0 radical (unpaired) electrons. The molecule has 0 aliphatic heterocycles. The molecule has 0 bridgehead atoms. The Hall–Kier alpha value is -2.30. The number of carbonyl (C=O) groups excluding carboxylic acids is 1. The van der Waals surface area contributed by atoms with Gasteiger partial charge in [-0.3, -0.25) is 4.79 Å². The minimum Gasteiger partial charge on any atom is -0.397 e. The second-order valence-electron chi connectivity index (χ2n) is 3.39. The van der Waals surface area contributed by atoms with Crippen LogP contribution in [0.1, 0.15) is 10.5 Å². The molecule has 0 amide bonds. The van der Waals surface area contributed by atoms with Crippen LogP contribution < -0.4 is 5.73 Å². The highest BCUT2D eigenvalue weighted by atomic mass is 19.1. The van der Waals surface area contributed by atoms with E-state index in [0.717, 1.165) is 6.07 Å². The van der Waals surface area contributed by atoms with E-state index in [2.05, 4.69) is 4.98 Å². The van der Waals surface area contributed by atoms with Gasteiger partial charge < -0.3 is 5.73 Å². The first-order chi connectivity index (χ1) is 8.13. The predicted molar refractivity (Wildman–Crippen MR) is 59.4 cm³/mol. The number of carbonyl (C=O) groups is 1. The van der Waals surface area contributed by atoms with Gasteiger partial charge in [-0.15, -0.1) is 0 Å². The van der Waals surface area contributed by atoms with E-state index in [1.807, 2.05) is 0 Å². The van der Waals surface area contributed by atoms with Gasteiger partial charge in [0.25, 0.3) is 0 Å². The Morgan fingerprint density at radius 1 is 1.18 bits per heavy atom. The lowest BCUT2D eigenvalue weighted by atomic mass is 10.1. The maximum Gasteiger partial charge on any atom is 0.170 e. The topological polar surface area (TPSA) is 56.0 Å². The van der Waals surface area contributed by atoms with E-state index in [0.29, 0.717) is 6.29 Å². The van der Waals surface area contributed by atoms with E-state index < -0.39 is 11.6 Å². The van der Waals surface area contributed by atoms with Crippen molar-refractivity contribution < 1.29 is 13.6 Å². The Kier molecular flexibility index (Phi) is 2.82. The summed E-state index contributed by atoms with van der Waals surface area (Å²) in [4.78, 5) is 14.4. The molecule has 0 aliphatic rings. The van der Waals surface area contributed by atoms with Gasteiger partial charge in [0, 0.05) is 11.6 Å². The number of anilines is 1. The van der Waals surface area contributed by atoms with Crippen molar-refractivity contribution in [2.75, 3.05) is 5.73 Å². The first-order valence-electron chi connectivity index (χ1n) is 4.79. The first kappa shape index (κ1) is 11.2. The number of nitrogens with zero attached hydrogens (tertiary/aromatic N) is 1. The summed E-state index contributed by atoms with van der Waals surface area (Å²) in [5.74, 6) is -1.38. The summed E-state index contributed by atoms with van der Waals surface area (Å²) >= 11 is 0. The smallest absolute Gasteiger partial charge is 0.170 e. The zero-order chi connectivity index (χ0) is 12.4. The summed E-state index contributed by atoms with van der Waals surface area (Å²) in [5.41, 5.74) is 4.98. The van der Waals surface area contributed by atoms with Crippen LogP contribution in [0.25, 0.3) is 11.3 Å². The highest BCUT2D eigenvalue weighted by Gasteiger charge is 2.14. The molecule has 0 unspecified atom stereocenters. The number of aromatic nitrogens is 1. The van der Waals surface area contributed by atoms with Gasteiger partial charge in [0.05, 0.1) is 5.69 Å². The highest BCUT2D eigenvalue weighted by Crippen LogP contribution is 2.25. The lowest BCUT2D eigenvalue weighted by molar-refractivity contribution is 0.112. The van der Waals surface area contributed by atoms with Gasteiger partial charge in [0.2, 0.25) is 0 Å². The van der Waals surface area contributed by atoms with Crippen molar-refractivity contribution in [2.24, 2.45) is 0 Å². The van der Waals surface area contributed by atoms with Crippen LogP contribution in [0.3, 0.4) is 0 Å². The Morgan fingerprint density at radius 3 is 2.53 bits per heavy atom. The first-order valence-corrected chi connectivity index (χ1v) is 4.79. The summed E-state index contributed by atoms with van der Waals surface area (Å²) in [5, 5.41) is 0. The van der Waals surface area contributed by atoms with E-state index in [9.17, 15) is 13.6 Å². The van der Waals surface area contributed by atoms with Crippen molar-refractivity contribution in [2.45, 2.75) is 0 Å². The Morgan fingerprint density at radius 2 is 1.88 bits per heavy atom. The third-order valence-electron chi connectivity index (χ3n) is 2.28. The lowest BCUT2D eigenvalue weighted by Crippen LogP contribution is -2.02. The molecule has 0 saturated heterocycles. The second kappa shape index (κ2) is 4.29. The molecule has 0 fully saturated rings. The number of rotatable bonds is 2. The van der Waals surface area contributed by atoms with Gasteiger partial charge in [-0.2, -0.15) is 0 Å². The predicted octanol–water partition coefficient (Wildman–Crippen LogP) is 2.42. The van der Waals surface area contributed by atoms with Crippen molar-refractivity contribution in [1.82, 2.24) is 4.98 Å². The van der Waals surface area contributed by atoms with Crippen LogP contribution in [0.5, 0.6) is 0 Å². The van der Waals surface area contributed by atoms with Crippen LogP contribution in [0.15, 0.2) is 30.3 Å². The minimum atomic E-state index is -0.766. The summed E-state index contributed by atoms with van der Waals surface area (Å²) in [6.07, 6.45) is 0.402. The van der Waals surface area contributed by atoms with Crippen molar-refractivity contribution in [1.29, 1.82) is 0 Å². The summed E-state index contributed by atoms with van der Waals surface area (Å²) in [6, 6.07) is 6.56. The number of benzene rings is 1. The summed E-state index contributed by atoms with van der Waals surface area (Å²) in [7, 11) is 0. The van der Waals surface area contributed by atoms with E-state index in [1.54, 1.807) is 6.07 Å². The number of nitrogens with two attached hydrogens (primary N) is 1. The Balaban J connectivity index is 2.68. The largest absolute Gasteiger partial charge is 0.397 e. The highest BCUT2D eigenvalue weighted by molar-refractivity contribution is 5.82. The number of aldehydes is 1. The van der Waals surface area contributed by atoms with Crippen LogP contribution >= 0.6 is 0 Å². The van der Waals surface area contributed by atoms with Crippen molar-refractivity contribution in [3.63, 3.8) is 0 Å². The molecule has 1 heterocycles. The number of hydrogen-bond acceptors (Lipinski definition) is 3. The standard InChI is InChI=1S/C12H8F2N2O/c13-8-4-2-1-3-7(8)12-9(14)5-10(15)11(6-17)16-12/h1-6H,15H2. The van der Waals surface area contributed by atoms with Gasteiger partial charge in [-0.05, 0) is 12.1 Å². The molecule has 1 aromatic heterocycles. The molecule has 5 heteroatoms. The van der Waals surface area contributed by atoms with E-state index in [4.69, 9.17) is 5.73 Å². The number of pyridine rings is 1. The molecule has 0 spiro atoms. The molecule has 0 atom stereocenters. The normalized spacial score (nSPS) is 10.2. The lowest BCUT2D eigenvalue weighted by Gasteiger charge is -2.06. The average molecular weight is 234 g/mol. The number of halogens is 2. The third kappa shape index (κ3) is 1.99. The van der Waals surface area contributed by atoms with Crippen LogP contribution in [-0.2, 0) is 0 Å². The molecule has 86 valence electrons. The van der Waals surface area contributed by atoms with E-state index >= 15 is 0 Å².